The van der Waals surface area contributed by atoms with Gasteiger partial charge in [0.2, 0.25) is 65.0 Å². The third-order valence-corrected chi connectivity index (χ3v) is 17.5. The number of carbonyl (C=O) groups excluding carboxylic acids is 11. The standard InChI is InChI=1S/C66H119N11O13/c1-27-29-30-42(14)54(78)53-58(82)69-46(28-2)61(85)71(20)45(17)60(84)76(25)52(41(13)31-32-66(18,19)90)57(81)70-50(39(9)10)64(88)72(21)47(33-36(3)4)56(80)67-43(15)55(79)68-44(16)59(83)73(22)48(34-37(5)6)62(86)74(23)49(35-38(7)8)63(87)75(24)51(40(11)12)65(89)77(53)26/h27,29,36-54,78,90H,28,30-35H2,1-26H3,(H,67,80)(H,68,79)(H,69,82)(H,70,81)/b29-27+/t41-,42-,43+,44-,45-,46+,47+,48+,49+,50?,51?,52+,53+,54-/m1/s1. The fourth-order valence-electron chi connectivity index (χ4n) is 11.5. The zero-order valence-electron chi connectivity index (χ0n) is 59.6. The van der Waals surface area contributed by atoms with E-state index >= 15 is 14.4 Å². The van der Waals surface area contributed by atoms with Crippen LogP contribution in [0.25, 0.3) is 0 Å². The number of allylic oxidation sites excluding steroid dienone is 2. The molecule has 2 unspecified atom stereocenters. The average Bonchev–Trinajstić information content (AvgIpc) is 1.24. The third-order valence-electron chi connectivity index (χ3n) is 17.5. The number of nitrogens with zero attached hydrogens (tertiary/aromatic N) is 7. The summed E-state index contributed by atoms with van der Waals surface area (Å²) in [6.07, 6.45) is 3.19. The van der Waals surface area contributed by atoms with E-state index in [4.69, 9.17) is 0 Å². The maximum atomic E-state index is 15.2. The summed E-state index contributed by atoms with van der Waals surface area (Å²) in [5.41, 5.74) is -1.17. The molecule has 516 valence electrons. The van der Waals surface area contributed by atoms with Gasteiger partial charge in [-0.1, -0.05) is 102 Å². The van der Waals surface area contributed by atoms with Crippen molar-refractivity contribution < 1.29 is 63.0 Å². The molecule has 0 spiro atoms. The number of likely N-dealkylation sites (N-methyl/N-ethyl adjacent to an activating group) is 7. The average molecular weight is 1270 g/mol. The van der Waals surface area contributed by atoms with Crippen LogP contribution in [0.15, 0.2) is 12.2 Å². The predicted octanol–water partition coefficient (Wildman–Crippen LogP) is 3.80. The number of hydrogen-bond donors (Lipinski definition) is 6. The van der Waals surface area contributed by atoms with Crippen LogP contribution in [0, 0.1) is 41.4 Å². The first-order valence-electron chi connectivity index (χ1n) is 32.4. The van der Waals surface area contributed by atoms with E-state index < -0.39 is 167 Å². The van der Waals surface area contributed by atoms with Crippen molar-refractivity contribution in [1.82, 2.24) is 55.6 Å². The molecule has 1 heterocycles. The van der Waals surface area contributed by atoms with Gasteiger partial charge in [0.25, 0.3) is 0 Å². The van der Waals surface area contributed by atoms with Crippen molar-refractivity contribution in [3.05, 3.63) is 12.2 Å². The van der Waals surface area contributed by atoms with Crippen LogP contribution in [0.4, 0.5) is 0 Å². The highest BCUT2D eigenvalue weighted by Crippen LogP contribution is 2.27. The summed E-state index contributed by atoms with van der Waals surface area (Å²) in [6.45, 7) is 32.4. The highest BCUT2D eigenvalue weighted by molar-refractivity contribution is 6.00. The van der Waals surface area contributed by atoms with Crippen LogP contribution in [0.1, 0.15) is 176 Å². The lowest BCUT2D eigenvalue weighted by atomic mass is 9.89. The fourth-order valence-corrected chi connectivity index (χ4v) is 11.5. The van der Waals surface area contributed by atoms with Crippen LogP contribution >= 0.6 is 0 Å². The van der Waals surface area contributed by atoms with Gasteiger partial charge in [-0.25, -0.2) is 0 Å². The third kappa shape index (κ3) is 22.6. The number of amides is 11. The van der Waals surface area contributed by atoms with Crippen molar-refractivity contribution in [2.45, 2.75) is 255 Å². The molecule has 0 aromatic carbocycles. The minimum absolute atomic E-state index is 0.0115. The van der Waals surface area contributed by atoms with Crippen LogP contribution in [-0.2, 0) is 52.7 Å². The number of rotatable bonds is 17. The molecule has 0 bridgehead atoms. The van der Waals surface area contributed by atoms with Crippen molar-refractivity contribution in [3.63, 3.8) is 0 Å². The second-order valence-electron chi connectivity index (χ2n) is 28.1. The van der Waals surface area contributed by atoms with E-state index in [0.717, 1.165) is 9.80 Å². The summed E-state index contributed by atoms with van der Waals surface area (Å²) in [5.74, 6) is -10.7. The van der Waals surface area contributed by atoms with Gasteiger partial charge < -0.3 is 65.8 Å². The lowest BCUT2D eigenvalue weighted by Gasteiger charge is -2.41. The second kappa shape index (κ2) is 36.2. The van der Waals surface area contributed by atoms with Crippen LogP contribution in [0.2, 0.25) is 0 Å². The van der Waals surface area contributed by atoms with Gasteiger partial charge in [0.15, 0.2) is 0 Å². The van der Waals surface area contributed by atoms with Crippen molar-refractivity contribution in [3.8, 4) is 0 Å². The van der Waals surface area contributed by atoms with E-state index in [2.05, 4.69) is 21.3 Å². The normalized spacial score (nSPS) is 27.4. The van der Waals surface area contributed by atoms with Crippen LogP contribution in [0.5, 0.6) is 0 Å². The van der Waals surface area contributed by atoms with E-state index in [-0.39, 0.29) is 56.3 Å². The minimum Gasteiger partial charge on any atom is -0.390 e. The highest BCUT2D eigenvalue weighted by Gasteiger charge is 2.46. The van der Waals surface area contributed by atoms with Gasteiger partial charge in [-0.05, 0) is 128 Å². The minimum atomic E-state index is -1.64. The Bertz CT molecular complexity index is 2480. The van der Waals surface area contributed by atoms with Crippen LogP contribution in [0.3, 0.4) is 0 Å². The molecular weight excluding hydrogens is 1150 g/mol. The second-order valence-corrected chi connectivity index (χ2v) is 28.1. The van der Waals surface area contributed by atoms with Gasteiger partial charge in [-0.2, -0.15) is 0 Å². The molecular formula is C66H119N11O13. The summed E-state index contributed by atoms with van der Waals surface area (Å²) in [5, 5.41) is 34.0. The topological polar surface area (TPSA) is 299 Å². The molecule has 1 rings (SSSR count). The molecule has 0 radical (unpaired) electrons. The molecule has 90 heavy (non-hydrogen) atoms. The highest BCUT2D eigenvalue weighted by atomic mass is 16.3. The summed E-state index contributed by atoms with van der Waals surface area (Å²) in [7, 11) is 9.86. The van der Waals surface area contributed by atoms with E-state index in [1.165, 1.54) is 94.6 Å². The SMILES string of the molecule is C/C=C/C[C@@H](C)[C@@H](O)[C@H]1C(=O)N[C@@H](CC)C(=O)N(C)[C@H](C)C(=O)N(C)[C@@H]([C@H](C)CCC(C)(C)O)C(=O)NC(C(C)C)C(=O)N(C)[C@@H](CC(C)C)C(=O)N[C@@H](C)C(=O)N[C@H](C)C(=O)N(C)[C@@H](CC(C)C)C(=O)N(C)[C@@H](CC(C)C)C(=O)N(C)C(C(C)C)C(=O)N1C. The molecule has 1 saturated heterocycles. The van der Waals surface area contributed by atoms with Crippen LogP contribution in [-0.4, -0.2) is 237 Å². The molecule has 1 aliphatic heterocycles. The van der Waals surface area contributed by atoms with Crippen molar-refractivity contribution in [2.75, 3.05) is 49.3 Å². The van der Waals surface area contributed by atoms with Gasteiger partial charge in [0, 0.05) is 49.3 Å². The molecule has 11 amide bonds. The summed E-state index contributed by atoms with van der Waals surface area (Å²) in [6, 6.07) is -14.1. The predicted molar refractivity (Wildman–Crippen MR) is 348 cm³/mol. The Morgan fingerprint density at radius 1 is 0.478 bits per heavy atom. The molecule has 0 aromatic heterocycles. The monoisotopic (exact) mass is 1270 g/mol. The first-order chi connectivity index (χ1) is 41.3. The molecule has 1 fully saturated rings. The number of aliphatic hydroxyl groups excluding tert-OH is 1. The van der Waals surface area contributed by atoms with Gasteiger partial charge in [0.05, 0.1) is 11.7 Å². The Balaban J connectivity index is 4.46. The molecule has 0 aromatic rings. The van der Waals surface area contributed by atoms with E-state index in [9.17, 15) is 48.6 Å². The molecule has 0 saturated carbocycles. The summed E-state index contributed by atoms with van der Waals surface area (Å²) in [4.78, 5) is 171. The first-order valence-corrected chi connectivity index (χ1v) is 32.4. The number of nitrogens with one attached hydrogen (secondary N) is 4. The smallest absolute Gasteiger partial charge is 0.246 e. The Morgan fingerprint density at radius 3 is 1.37 bits per heavy atom. The Morgan fingerprint density at radius 2 is 0.911 bits per heavy atom. The number of carbonyl (C=O) groups is 11. The molecule has 14 atom stereocenters. The maximum Gasteiger partial charge on any atom is 0.246 e. The molecule has 6 N–H and O–H groups in total. The quantitative estimate of drug-likeness (QED) is 0.113. The van der Waals surface area contributed by atoms with Crippen molar-refractivity contribution >= 4 is 65.0 Å². The van der Waals surface area contributed by atoms with Gasteiger partial charge in [-0.3, -0.25) is 52.7 Å². The Hall–Kier alpha value is -6.17. The zero-order valence-corrected chi connectivity index (χ0v) is 59.6. The van der Waals surface area contributed by atoms with Gasteiger partial charge in [-0.15, -0.1) is 0 Å². The largest absolute Gasteiger partial charge is 0.390 e. The Kier molecular flexibility index (Phi) is 32.9. The Labute approximate surface area is 539 Å². The van der Waals surface area contributed by atoms with E-state index in [1.54, 1.807) is 81.4 Å². The van der Waals surface area contributed by atoms with E-state index in [1.807, 2.05) is 41.5 Å². The van der Waals surface area contributed by atoms with E-state index in [0.29, 0.717) is 6.42 Å². The van der Waals surface area contributed by atoms with Crippen molar-refractivity contribution in [2.24, 2.45) is 41.4 Å². The summed E-state index contributed by atoms with van der Waals surface area (Å²) < 4.78 is 0. The lowest BCUT2D eigenvalue weighted by molar-refractivity contribution is -0.157. The molecule has 0 aliphatic carbocycles. The van der Waals surface area contributed by atoms with Gasteiger partial charge in [0.1, 0.15) is 66.5 Å². The first kappa shape index (κ1) is 81.8. The lowest BCUT2D eigenvalue weighted by Crippen LogP contribution is -2.64. The number of hydrogen-bond acceptors (Lipinski definition) is 13. The molecule has 24 heteroatoms. The van der Waals surface area contributed by atoms with Crippen LogP contribution < -0.4 is 21.3 Å². The summed E-state index contributed by atoms with van der Waals surface area (Å²) >= 11 is 0. The fraction of sp³-hybridized carbons (Fsp3) is 0.803. The number of aliphatic hydroxyl groups is 2. The molecule has 1 aliphatic rings. The van der Waals surface area contributed by atoms with Gasteiger partial charge >= 0.3 is 0 Å². The maximum absolute atomic E-state index is 15.2. The van der Waals surface area contributed by atoms with Crippen molar-refractivity contribution in [1.29, 1.82) is 0 Å². The molecule has 24 nitrogen and oxygen atoms in total. The zero-order chi connectivity index (χ0) is 70.1.